The number of hydrogen-bond acceptors (Lipinski definition) is 12. The molecule has 0 unspecified atom stereocenters. The third-order valence-electron chi connectivity index (χ3n) is 15.6. The van der Waals surface area contributed by atoms with Gasteiger partial charge in [-0.15, -0.1) is 0 Å². The van der Waals surface area contributed by atoms with Crippen LogP contribution in [0.5, 0.6) is 0 Å². The highest BCUT2D eigenvalue weighted by atomic mass is 35.5. The maximum atomic E-state index is 11.6. The van der Waals surface area contributed by atoms with Crippen molar-refractivity contribution in [2.45, 2.75) is 70.1 Å². The Morgan fingerprint density at radius 2 is 0.974 bits per heavy atom. The number of piperidine rings is 3. The van der Waals surface area contributed by atoms with Crippen molar-refractivity contribution in [3.63, 3.8) is 0 Å². The summed E-state index contributed by atoms with van der Waals surface area (Å²) >= 11 is 12.3. The summed E-state index contributed by atoms with van der Waals surface area (Å²) in [5.74, 6) is 1.26. The number of aromatic amines is 4. The van der Waals surface area contributed by atoms with E-state index in [2.05, 4.69) is 82.9 Å². The first-order valence-corrected chi connectivity index (χ1v) is 32.4. The number of piperazine rings is 1. The molecular weight excluding hydrogens is 1100 g/mol. The molecule has 4 aromatic heterocycles. The molecule has 4 N–H and O–H groups in total. The zero-order chi connectivity index (χ0) is 55.5. The second-order valence-electron chi connectivity index (χ2n) is 20.7. The van der Waals surface area contributed by atoms with Crippen molar-refractivity contribution >= 4 is 108 Å². The summed E-state index contributed by atoms with van der Waals surface area (Å²) in [6.07, 6.45) is 16.2. The van der Waals surface area contributed by atoms with Gasteiger partial charge in [-0.3, -0.25) is 25.2 Å². The molecule has 0 radical (unpaired) electrons. The first-order valence-electron chi connectivity index (χ1n) is 26.1. The molecule has 8 heterocycles. The number of nitrogens with one attached hydrogen (secondary N) is 4. The van der Waals surface area contributed by atoms with Gasteiger partial charge in [-0.1, -0.05) is 41.4 Å². The van der Waals surface area contributed by atoms with Gasteiger partial charge in [0.25, 0.3) is 0 Å². The molecule has 0 atom stereocenters. The van der Waals surface area contributed by atoms with E-state index in [0.29, 0.717) is 67.1 Å². The number of carbonyl (C=O) groups is 1. The van der Waals surface area contributed by atoms with Crippen LogP contribution in [0.2, 0.25) is 10.0 Å². The minimum atomic E-state index is -3.08. The predicted molar refractivity (Wildman–Crippen MR) is 309 cm³/mol. The number of rotatable bonds is 7. The van der Waals surface area contributed by atoms with Crippen LogP contribution in [-0.4, -0.2) is 174 Å². The lowest BCUT2D eigenvalue weighted by atomic mass is 9.87. The molecule has 25 heteroatoms. The van der Waals surface area contributed by atoms with Gasteiger partial charge in [-0.05, 0) is 122 Å². The van der Waals surface area contributed by atoms with E-state index in [0.717, 1.165) is 108 Å². The maximum Gasteiger partial charge on any atom is 0.219 e. The Morgan fingerprint density at radius 1 is 0.513 bits per heavy atom. The van der Waals surface area contributed by atoms with Gasteiger partial charge < -0.3 is 9.80 Å². The van der Waals surface area contributed by atoms with Crippen LogP contribution in [0.4, 0.5) is 5.69 Å². The lowest BCUT2D eigenvalue weighted by Gasteiger charge is -2.35. The van der Waals surface area contributed by atoms with E-state index in [1.807, 2.05) is 47.8 Å². The van der Waals surface area contributed by atoms with Gasteiger partial charge in [0.05, 0.1) is 70.6 Å². The first kappa shape index (κ1) is 57.0. The van der Waals surface area contributed by atoms with Crippen LogP contribution in [0, 0.1) is 6.92 Å². The van der Waals surface area contributed by atoms with E-state index in [9.17, 15) is 30.0 Å². The summed E-state index contributed by atoms with van der Waals surface area (Å²) < 4.78 is 73.9. The Morgan fingerprint density at radius 3 is 1.51 bits per heavy atom. The first-order chi connectivity index (χ1) is 37.1. The SMILES string of the molecule is CC(=O)N1CCN(c2ccc3[nH]ncc3c2)CC1.CS(=O)(=O)N1CCC(c2cc(Cl)cc3[nH]ncc23)CC1.CS(=O)(=O)N1CCC(c2ccc(Cl)c3[nH]ncc23)CC1.Cc1ccc(C2CCN(S(C)(=O)=O)CC2)c2cn[nH]c12. The number of hydrogen-bond donors (Lipinski definition) is 4. The Hall–Kier alpha value is -5.66. The van der Waals surface area contributed by atoms with Gasteiger partial charge >= 0.3 is 0 Å². The second-order valence-corrected chi connectivity index (χ2v) is 27.5. The zero-order valence-corrected chi connectivity index (χ0v) is 48.4. The topological polar surface area (TPSA) is 250 Å². The summed E-state index contributed by atoms with van der Waals surface area (Å²) in [5, 5.41) is 33.9. The minimum absolute atomic E-state index is 0.167. The summed E-state index contributed by atoms with van der Waals surface area (Å²) in [7, 11) is -9.21. The zero-order valence-electron chi connectivity index (χ0n) is 44.4. The van der Waals surface area contributed by atoms with Crippen molar-refractivity contribution in [3.05, 3.63) is 112 Å². The fraction of sp³-hybridized carbons (Fsp3) is 0.453. The molecule has 4 aromatic carbocycles. The lowest BCUT2D eigenvalue weighted by molar-refractivity contribution is -0.129. The Balaban J connectivity index is 0.000000127. The number of nitrogens with zero attached hydrogens (tertiary/aromatic N) is 9. The summed E-state index contributed by atoms with van der Waals surface area (Å²) in [4.78, 5) is 15.5. The van der Waals surface area contributed by atoms with E-state index < -0.39 is 30.1 Å². The lowest BCUT2D eigenvalue weighted by Crippen LogP contribution is -2.48. The van der Waals surface area contributed by atoms with Crippen LogP contribution >= 0.6 is 23.2 Å². The number of aromatic nitrogens is 8. The maximum absolute atomic E-state index is 11.6. The standard InChI is InChI=1S/C14H19N3O2S.2C13H16ClN3O2S.C13H16N4O/c1-10-3-4-12(13-9-15-16-14(10)13)11-5-7-17(8-6-11)20(2,18)19;1-20(18,19)17-4-2-9(3-5-17)11-6-10(14)7-13-12(11)8-15-16-13;1-20(18,19)17-6-4-9(5-7-17)10-2-3-12(14)13-11(10)8-15-16-13;1-10(18)16-4-6-17(7-5-16)12-2-3-13-11(8-12)9-14-15-13/h3-4,9,11H,5-8H2,1-2H3,(H,15,16);6-9H,2-5H2,1H3,(H,15,16);2-3,8-9H,4-7H2,1H3,(H,15,16);2-3,8-9H,4-7H2,1H3,(H,14,15). The van der Waals surface area contributed by atoms with Crippen molar-refractivity contribution in [3.8, 4) is 0 Å². The van der Waals surface area contributed by atoms with Crippen molar-refractivity contribution in [1.82, 2.24) is 58.6 Å². The van der Waals surface area contributed by atoms with E-state index >= 15 is 0 Å². The summed E-state index contributed by atoms with van der Waals surface area (Å²) in [6.45, 7) is 10.6. The summed E-state index contributed by atoms with van der Waals surface area (Å²) in [6, 6.07) is 18.3. The highest BCUT2D eigenvalue weighted by Crippen LogP contribution is 2.38. The highest BCUT2D eigenvalue weighted by Gasteiger charge is 2.30. The van der Waals surface area contributed by atoms with Crippen LogP contribution < -0.4 is 4.90 Å². The van der Waals surface area contributed by atoms with Gasteiger partial charge in [-0.2, -0.15) is 20.4 Å². The fourth-order valence-corrected chi connectivity index (χ4v) is 14.3. The van der Waals surface area contributed by atoms with E-state index in [4.69, 9.17) is 23.2 Å². The number of anilines is 1. The number of H-pyrrole nitrogens is 4. The number of benzene rings is 4. The quantitative estimate of drug-likeness (QED) is 0.119. The Labute approximate surface area is 465 Å². The van der Waals surface area contributed by atoms with Crippen LogP contribution in [-0.2, 0) is 34.9 Å². The largest absolute Gasteiger partial charge is 0.368 e. The number of halogens is 2. The fourth-order valence-electron chi connectivity index (χ4n) is 11.2. The number of carbonyl (C=O) groups excluding carboxylic acids is 1. The van der Waals surface area contributed by atoms with Crippen LogP contribution in [0.25, 0.3) is 43.6 Å². The normalized spacial score (nSPS) is 18.1. The van der Waals surface area contributed by atoms with Crippen molar-refractivity contribution in [2.24, 2.45) is 0 Å². The number of sulfonamides is 3. The molecule has 4 aliphatic heterocycles. The molecule has 8 aromatic rings. The minimum Gasteiger partial charge on any atom is -0.368 e. The number of fused-ring (bicyclic) bond motifs is 4. The van der Waals surface area contributed by atoms with Crippen LogP contribution in [0.3, 0.4) is 0 Å². The Kier molecular flexibility index (Phi) is 17.5. The van der Waals surface area contributed by atoms with E-state index in [-0.39, 0.29) is 5.91 Å². The van der Waals surface area contributed by atoms with Crippen molar-refractivity contribution in [2.75, 3.05) is 89.1 Å². The molecule has 0 bridgehead atoms. The average Bonchev–Trinajstić information content (AvgIpc) is 4.33. The monoisotopic (exact) mass is 1160 g/mol. The Bertz CT molecular complexity index is 3610. The number of amides is 1. The third kappa shape index (κ3) is 13.3. The molecule has 4 fully saturated rings. The van der Waals surface area contributed by atoms with E-state index in [1.54, 1.807) is 26.0 Å². The van der Waals surface area contributed by atoms with Crippen LogP contribution in [0.1, 0.15) is 85.5 Å². The number of aryl methyl sites for hydroxylation is 1. The van der Waals surface area contributed by atoms with Gasteiger partial charge in [0.1, 0.15) is 0 Å². The molecule has 12 rings (SSSR count). The highest BCUT2D eigenvalue weighted by molar-refractivity contribution is 7.88. The second kappa shape index (κ2) is 24.0. The molecule has 4 saturated heterocycles. The molecule has 78 heavy (non-hydrogen) atoms. The van der Waals surface area contributed by atoms with Gasteiger partial charge in [0.2, 0.25) is 36.0 Å². The van der Waals surface area contributed by atoms with Gasteiger partial charge in [0.15, 0.2) is 0 Å². The predicted octanol–water partition coefficient (Wildman–Crippen LogP) is 7.95. The molecule has 4 aliphatic rings. The molecule has 0 aliphatic carbocycles. The van der Waals surface area contributed by atoms with Gasteiger partial charge in [-0.25, -0.2) is 38.2 Å². The molecule has 418 valence electrons. The molecule has 20 nitrogen and oxygen atoms in total. The van der Waals surface area contributed by atoms with Crippen LogP contribution in [0.15, 0.2) is 79.4 Å². The third-order valence-corrected chi connectivity index (χ3v) is 20.1. The molecule has 1 amide bonds. The average molecular weight is 1170 g/mol. The smallest absolute Gasteiger partial charge is 0.219 e. The van der Waals surface area contributed by atoms with E-state index in [1.165, 1.54) is 46.5 Å². The molecular formula is C53H67Cl2N13O7S3. The van der Waals surface area contributed by atoms with Gasteiger partial charge in [0, 0.05) is 105 Å². The summed E-state index contributed by atoms with van der Waals surface area (Å²) in [5.41, 5.74) is 9.97. The molecule has 0 spiro atoms. The van der Waals surface area contributed by atoms with Crippen molar-refractivity contribution < 1.29 is 30.0 Å². The molecule has 0 saturated carbocycles. The van der Waals surface area contributed by atoms with Crippen molar-refractivity contribution in [1.29, 1.82) is 0 Å².